The predicted octanol–water partition coefficient (Wildman–Crippen LogP) is 3.56. The number of para-hydroxylation sites is 3. The van der Waals surface area contributed by atoms with Crippen LogP contribution in [-0.2, 0) is 19.1 Å². The zero-order chi connectivity index (χ0) is 21.6. The van der Waals surface area contributed by atoms with Crippen LogP contribution in [0.3, 0.4) is 0 Å². The van der Waals surface area contributed by atoms with Crippen molar-refractivity contribution in [3.63, 3.8) is 0 Å². The summed E-state index contributed by atoms with van der Waals surface area (Å²) in [5.41, 5.74) is 2.60. The molecular formula is C24H21N3O4. The minimum atomic E-state index is -0.645. The first-order chi connectivity index (χ1) is 15.1. The van der Waals surface area contributed by atoms with Gasteiger partial charge in [-0.15, -0.1) is 0 Å². The maximum absolute atomic E-state index is 12.3. The second kappa shape index (κ2) is 9.21. The first-order valence-corrected chi connectivity index (χ1v) is 10.00. The summed E-state index contributed by atoms with van der Waals surface area (Å²) in [4.78, 5) is 42.4. The lowest BCUT2D eigenvalue weighted by molar-refractivity contribution is -0.142. The van der Waals surface area contributed by atoms with E-state index in [1.165, 1.54) is 6.08 Å². The van der Waals surface area contributed by atoms with Crippen LogP contribution in [-0.4, -0.2) is 35.9 Å². The number of aromatic nitrogens is 1. The van der Waals surface area contributed by atoms with E-state index in [-0.39, 0.29) is 5.91 Å². The molecule has 31 heavy (non-hydrogen) atoms. The molecule has 1 N–H and O–H groups in total. The van der Waals surface area contributed by atoms with Crippen molar-refractivity contribution in [3.05, 3.63) is 72.4 Å². The van der Waals surface area contributed by atoms with Gasteiger partial charge in [-0.05, 0) is 36.8 Å². The number of hydrogen-bond donors (Lipinski definition) is 1. The highest BCUT2D eigenvalue weighted by Crippen LogP contribution is 2.29. The average molecular weight is 415 g/mol. The molecule has 0 radical (unpaired) electrons. The number of esters is 1. The molecule has 0 spiro atoms. The van der Waals surface area contributed by atoms with Crippen molar-refractivity contribution in [3.8, 4) is 0 Å². The van der Waals surface area contributed by atoms with Gasteiger partial charge in [0, 0.05) is 24.4 Å². The summed E-state index contributed by atoms with van der Waals surface area (Å²) in [6.45, 7) is 0.185. The molecular weight excluding hydrogens is 394 g/mol. The van der Waals surface area contributed by atoms with E-state index in [2.05, 4.69) is 10.3 Å². The number of nitrogens with one attached hydrogen (secondary N) is 1. The monoisotopic (exact) mass is 415 g/mol. The van der Waals surface area contributed by atoms with Crippen molar-refractivity contribution < 1.29 is 19.1 Å². The molecule has 0 aliphatic carbocycles. The predicted molar refractivity (Wildman–Crippen MR) is 118 cm³/mol. The lowest BCUT2D eigenvalue weighted by Crippen LogP contribution is -2.26. The molecule has 1 fully saturated rings. The first-order valence-electron chi connectivity index (χ1n) is 10.00. The maximum Gasteiger partial charge on any atom is 0.331 e. The Labute approximate surface area is 179 Å². The molecule has 2 aromatic carbocycles. The van der Waals surface area contributed by atoms with E-state index in [1.807, 2.05) is 36.4 Å². The highest BCUT2D eigenvalue weighted by Gasteiger charge is 2.24. The van der Waals surface area contributed by atoms with Crippen molar-refractivity contribution in [2.24, 2.45) is 0 Å². The van der Waals surface area contributed by atoms with Gasteiger partial charge in [0.25, 0.3) is 5.91 Å². The van der Waals surface area contributed by atoms with Gasteiger partial charge in [-0.3, -0.25) is 9.59 Å². The molecule has 156 valence electrons. The van der Waals surface area contributed by atoms with E-state index in [1.54, 1.807) is 35.2 Å². The fraction of sp³-hybridized carbons (Fsp3) is 0.167. The second-order valence-corrected chi connectivity index (χ2v) is 7.08. The van der Waals surface area contributed by atoms with Gasteiger partial charge in [-0.2, -0.15) is 0 Å². The van der Waals surface area contributed by atoms with E-state index in [9.17, 15) is 14.4 Å². The van der Waals surface area contributed by atoms with E-state index < -0.39 is 18.5 Å². The fourth-order valence-corrected chi connectivity index (χ4v) is 3.42. The number of amides is 2. The Kier molecular flexibility index (Phi) is 6.03. The Balaban J connectivity index is 1.33. The van der Waals surface area contributed by atoms with Crippen LogP contribution in [0.2, 0.25) is 0 Å². The van der Waals surface area contributed by atoms with Crippen LogP contribution < -0.4 is 10.2 Å². The Morgan fingerprint density at radius 1 is 1.06 bits per heavy atom. The van der Waals surface area contributed by atoms with Crippen LogP contribution in [0, 0.1) is 0 Å². The normalized spacial score (nSPS) is 13.7. The summed E-state index contributed by atoms with van der Waals surface area (Å²) in [5, 5.41) is 3.72. The Bertz CT molecular complexity index is 1170. The number of fused-ring (bicyclic) bond motifs is 1. The summed E-state index contributed by atoms with van der Waals surface area (Å²) in [6.07, 6.45) is 4.07. The van der Waals surface area contributed by atoms with Crippen LogP contribution in [0.5, 0.6) is 0 Å². The summed E-state index contributed by atoms with van der Waals surface area (Å²) < 4.78 is 5.03. The molecule has 0 atom stereocenters. The van der Waals surface area contributed by atoms with Crippen molar-refractivity contribution in [2.75, 3.05) is 23.4 Å². The molecule has 7 heteroatoms. The van der Waals surface area contributed by atoms with Crippen molar-refractivity contribution in [2.45, 2.75) is 12.8 Å². The second-order valence-electron chi connectivity index (χ2n) is 7.08. The SMILES string of the molecule is O=C(COC(=O)/C=C/c1ccc2ccccc2n1)Nc1ccccc1N1CCCC1=O. The number of ether oxygens (including phenoxy) is 1. The number of pyridine rings is 1. The molecule has 1 saturated heterocycles. The number of carbonyl (C=O) groups excluding carboxylic acids is 3. The van der Waals surface area contributed by atoms with Gasteiger partial charge in [0.1, 0.15) is 0 Å². The number of hydrogen-bond acceptors (Lipinski definition) is 5. The molecule has 0 bridgehead atoms. The fourth-order valence-electron chi connectivity index (χ4n) is 3.42. The van der Waals surface area contributed by atoms with Gasteiger partial charge in [0.05, 0.1) is 22.6 Å². The van der Waals surface area contributed by atoms with Gasteiger partial charge < -0.3 is 15.0 Å². The molecule has 0 unspecified atom stereocenters. The summed E-state index contributed by atoms with van der Waals surface area (Å²) in [7, 11) is 0. The van der Waals surface area contributed by atoms with E-state index >= 15 is 0 Å². The molecule has 1 aliphatic rings. The third kappa shape index (κ3) is 4.95. The van der Waals surface area contributed by atoms with E-state index in [0.29, 0.717) is 30.0 Å². The zero-order valence-corrected chi connectivity index (χ0v) is 16.8. The summed E-state index contributed by atoms with van der Waals surface area (Å²) in [5.74, 6) is -1.10. The smallest absolute Gasteiger partial charge is 0.331 e. The van der Waals surface area contributed by atoms with Gasteiger partial charge in [0.15, 0.2) is 6.61 Å². The zero-order valence-electron chi connectivity index (χ0n) is 16.8. The van der Waals surface area contributed by atoms with Crippen LogP contribution in [0.15, 0.2) is 66.7 Å². The minimum Gasteiger partial charge on any atom is -0.452 e. The molecule has 2 heterocycles. The van der Waals surface area contributed by atoms with Crippen LogP contribution in [0.4, 0.5) is 11.4 Å². The quantitative estimate of drug-likeness (QED) is 0.491. The number of anilines is 2. The third-order valence-corrected chi connectivity index (χ3v) is 4.90. The molecule has 1 aromatic heterocycles. The van der Waals surface area contributed by atoms with Gasteiger partial charge in [0.2, 0.25) is 5.91 Å². The van der Waals surface area contributed by atoms with Gasteiger partial charge in [-0.1, -0.05) is 36.4 Å². The topological polar surface area (TPSA) is 88.6 Å². The van der Waals surface area contributed by atoms with Crippen LogP contribution in [0.1, 0.15) is 18.5 Å². The summed E-state index contributed by atoms with van der Waals surface area (Å²) >= 11 is 0. The molecule has 4 rings (SSSR count). The molecule has 7 nitrogen and oxygen atoms in total. The number of nitrogens with zero attached hydrogens (tertiary/aromatic N) is 2. The first kappa shape index (κ1) is 20.3. The van der Waals surface area contributed by atoms with Gasteiger partial charge >= 0.3 is 5.97 Å². The van der Waals surface area contributed by atoms with Gasteiger partial charge in [-0.25, -0.2) is 9.78 Å². The Morgan fingerprint density at radius 3 is 2.71 bits per heavy atom. The molecule has 1 aliphatic heterocycles. The Hall–Kier alpha value is -4.00. The average Bonchev–Trinajstić information content (AvgIpc) is 3.22. The third-order valence-electron chi connectivity index (χ3n) is 4.90. The molecule has 2 amide bonds. The van der Waals surface area contributed by atoms with Crippen molar-refractivity contribution in [1.29, 1.82) is 0 Å². The van der Waals surface area contributed by atoms with Crippen LogP contribution in [0.25, 0.3) is 17.0 Å². The highest BCUT2D eigenvalue weighted by atomic mass is 16.5. The summed E-state index contributed by atoms with van der Waals surface area (Å²) in [6, 6.07) is 18.5. The number of carbonyl (C=O) groups is 3. The number of rotatable bonds is 6. The number of benzene rings is 2. The van der Waals surface area contributed by atoms with Crippen LogP contribution >= 0.6 is 0 Å². The molecule has 0 saturated carbocycles. The largest absolute Gasteiger partial charge is 0.452 e. The Morgan fingerprint density at radius 2 is 1.87 bits per heavy atom. The standard InChI is InChI=1S/C24H21N3O4/c28-22(26-20-8-3-4-9-21(20)27-15-5-10-23(27)29)16-31-24(30)14-13-18-12-11-17-6-1-2-7-19(17)25-18/h1-4,6-9,11-14H,5,10,15-16H2,(H,26,28)/b14-13+. The van der Waals surface area contributed by atoms with Crippen molar-refractivity contribution in [1.82, 2.24) is 4.98 Å². The lowest BCUT2D eigenvalue weighted by Gasteiger charge is -2.19. The maximum atomic E-state index is 12.3. The lowest BCUT2D eigenvalue weighted by atomic mass is 10.2. The van der Waals surface area contributed by atoms with E-state index in [0.717, 1.165) is 17.3 Å². The molecule has 3 aromatic rings. The highest BCUT2D eigenvalue weighted by molar-refractivity contribution is 6.02. The van der Waals surface area contributed by atoms with E-state index in [4.69, 9.17) is 4.74 Å². The van der Waals surface area contributed by atoms with Crippen molar-refractivity contribution >= 4 is 46.1 Å². The minimum absolute atomic E-state index is 0.0283.